The van der Waals surface area contributed by atoms with E-state index in [0.29, 0.717) is 24.5 Å². The topological polar surface area (TPSA) is 41.5 Å². The molecule has 0 fully saturated rings. The van der Waals surface area contributed by atoms with E-state index < -0.39 is 0 Å². The Bertz CT molecular complexity index is 156. The summed E-state index contributed by atoms with van der Waals surface area (Å²) < 4.78 is 5.19. The SMILES string of the molecule is COCC(CCO)NC(CC(C)C)CC(C)C. The number of aliphatic hydroxyl groups is 1. The van der Waals surface area contributed by atoms with E-state index in [4.69, 9.17) is 9.84 Å². The van der Waals surface area contributed by atoms with Gasteiger partial charge in [-0.3, -0.25) is 0 Å². The highest BCUT2D eigenvalue weighted by molar-refractivity contribution is 4.76. The van der Waals surface area contributed by atoms with Gasteiger partial charge in [-0.25, -0.2) is 0 Å². The second kappa shape index (κ2) is 9.86. The first-order chi connectivity index (χ1) is 7.99. The van der Waals surface area contributed by atoms with Gasteiger partial charge in [0.2, 0.25) is 0 Å². The van der Waals surface area contributed by atoms with Crippen molar-refractivity contribution in [2.24, 2.45) is 11.8 Å². The van der Waals surface area contributed by atoms with E-state index in [9.17, 15) is 0 Å². The average Bonchev–Trinajstić information content (AvgIpc) is 2.15. The van der Waals surface area contributed by atoms with E-state index in [2.05, 4.69) is 33.0 Å². The molecule has 0 aliphatic heterocycles. The van der Waals surface area contributed by atoms with Gasteiger partial charge in [0.1, 0.15) is 0 Å². The summed E-state index contributed by atoms with van der Waals surface area (Å²) >= 11 is 0. The Hall–Kier alpha value is -0.120. The summed E-state index contributed by atoms with van der Waals surface area (Å²) in [6.07, 6.45) is 3.13. The number of aliphatic hydroxyl groups excluding tert-OH is 1. The number of ether oxygens (including phenoxy) is 1. The second-order valence-corrected chi connectivity index (χ2v) is 5.79. The van der Waals surface area contributed by atoms with Crippen molar-refractivity contribution in [3.05, 3.63) is 0 Å². The minimum absolute atomic E-state index is 0.219. The Morgan fingerprint density at radius 2 is 1.53 bits per heavy atom. The summed E-state index contributed by atoms with van der Waals surface area (Å²) in [5.74, 6) is 1.40. The Labute approximate surface area is 107 Å². The highest BCUT2D eigenvalue weighted by Crippen LogP contribution is 2.14. The maximum Gasteiger partial charge on any atom is 0.0616 e. The van der Waals surface area contributed by atoms with Crippen LogP contribution in [0.5, 0.6) is 0 Å². The molecule has 104 valence electrons. The Kier molecular flexibility index (Phi) is 9.79. The van der Waals surface area contributed by atoms with Crippen molar-refractivity contribution < 1.29 is 9.84 Å². The minimum atomic E-state index is 0.219. The maximum absolute atomic E-state index is 9.04. The first kappa shape index (κ1) is 16.9. The third-order valence-corrected chi connectivity index (χ3v) is 2.83. The van der Waals surface area contributed by atoms with Crippen molar-refractivity contribution in [1.82, 2.24) is 5.32 Å². The van der Waals surface area contributed by atoms with Crippen LogP contribution in [0.1, 0.15) is 47.0 Å². The summed E-state index contributed by atoms with van der Waals surface area (Å²) in [5.41, 5.74) is 0. The molecular weight excluding hydrogens is 214 g/mol. The van der Waals surface area contributed by atoms with Gasteiger partial charge in [-0.2, -0.15) is 0 Å². The molecule has 0 amide bonds. The average molecular weight is 245 g/mol. The maximum atomic E-state index is 9.04. The second-order valence-electron chi connectivity index (χ2n) is 5.79. The molecule has 0 saturated carbocycles. The molecule has 0 spiro atoms. The van der Waals surface area contributed by atoms with Gasteiger partial charge in [0, 0.05) is 25.8 Å². The van der Waals surface area contributed by atoms with Crippen LogP contribution in [0.3, 0.4) is 0 Å². The summed E-state index contributed by atoms with van der Waals surface area (Å²) in [7, 11) is 1.71. The first-order valence-electron chi connectivity index (χ1n) is 6.85. The predicted octanol–water partition coefficient (Wildman–Crippen LogP) is 2.43. The fourth-order valence-corrected chi connectivity index (χ4v) is 2.28. The molecule has 3 heteroatoms. The fourth-order valence-electron chi connectivity index (χ4n) is 2.28. The molecule has 0 rings (SSSR count). The van der Waals surface area contributed by atoms with Crippen molar-refractivity contribution in [3.8, 4) is 0 Å². The number of rotatable bonds is 10. The fraction of sp³-hybridized carbons (Fsp3) is 1.00. The number of hydrogen-bond acceptors (Lipinski definition) is 3. The molecule has 0 aliphatic carbocycles. The standard InChI is InChI=1S/C14H31NO2/c1-11(2)8-14(9-12(3)4)15-13(6-7-16)10-17-5/h11-16H,6-10H2,1-5H3. The van der Waals surface area contributed by atoms with Crippen LogP contribution in [0, 0.1) is 11.8 Å². The number of methoxy groups -OCH3 is 1. The van der Waals surface area contributed by atoms with Crippen LogP contribution in [0.15, 0.2) is 0 Å². The molecule has 17 heavy (non-hydrogen) atoms. The van der Waals surface area contributed by atoms with E-state index in [1.54, 1.807) is 7.11 Å². The van der Waals surface area contributed by atoms with Crippen LogP contribution in [0.25, 0.3) is 0 Å². The molecule has 0 aromatic heterocycles. The molecule has 0 aromatic carbocycles. The number of nitrogens with one attached hydrogen (secondary N) is 1. The predicted molar refractivity (Wildman–Crippen MR) is 73.2 cm³/mol. The first-order valence-corrected chi connectivity index (χ1v) is 6.85. The van der Waals surface area contributed by atoms with E-state index in [0.717, 1.165) is 6.42 Å². The third-order valence-electron chi connectivity index (χ3n) is 2.83. The molecule has 0 radical (unpaired) electrons. The lowest BCUT2D eigenvalue weighted by Crippen LogP contribution is -2.42. The van der Waals surface area contributed by atoms with E-state index in [-0.39, 0.29) is 12.6 Å². The molecule has 0 aromatic rings. The molecule has 2 N–H and O–H groups in total. The largest absolute Gasteiger partial charge is 0.396 e. The zero-order valence-corrected chi connectivity index (χ0v) is 12.2. The van der Waals surface area contributed by atoms with Crippen molar-refractivity contribution >= 4 is 0 Å². The Morgan fingerprint density at radius 1 is 1.00 bits per heavy atom. The molecule has 1 unspecified atom stereocenters. The van der Waals surface area contributed by atoms with Gasteiger partial charge in [0.25, 0.3) is 0 Å². The summed E-state index contributed by atoms with van der Waals surface area (Å²) in [5, 5.41) is 12.7. The highest BCUT2D eigenvalue weighted by Gasteiger charge is 2.17. The molecule has 0 aliphatic rings. The smallest absolute Gasteiger partial charge is 0.0616 e. The van der Waals surface area contributed by atoms with E-state index >= 15 is 0 Å². The van der Waals surface area contributed by atoms with Crippen molar-refractivity contribution in [1.29, 1.82) is 0 Å². The van der Waals surface area contributed by atoms with Crippen LogP contribution in [-0.2, 0) is 4.74 Å². The van der Waals surface area contributed by atoms with Crippen molar-refractivity contribution in [2.45, 2.75) is 59.0 Å². The zero-order valence-electron chi connectivity index (χ0n) is 12.2. The van der Waals surface area contributed by atoms with Gasteiger partial charge in [-0.15, -0.1) is 0 Å². The van der Waals surface area contributed by atoms with E-state index in [1.165, 1.54) is 12.8 Å². The van der Waals surface area contributed by atoms with Crippen LogP contribution < -0.4 is 5.32 Å². The van der Waals surface area contributed by atoms with Gasteiger partial charge < -0.3 is 15.2 Å². The number of hydrogen-bond donors (Lipinski definition) is 2. The lowest BCUT2D eigenvalue weighted by atomic mass is 9.95. The quantitative estimate of drug-likeness (QED) is 0.621. The summed E-state index contributed by atoms with van der Waals surface area (Å²) in [4.78, 5) is 0. The third kappa shape index (κ3) is 9.57. The van der Waals surface area contributed by atoms with Gasteiger partial charge in [-0.1, -0.05) is 27.7 Å². The minimum Gasteiger partial charge on any atom is -0.396 e. The van der Waals surface area contributed by atoms with Crippen LogP contribution in [0.2, 0.25) is 0 Å². The lowest BCUT2D eigenvalue weighted by molar-refractivity contribution is 0.137. The lowest BCUT2D eigenvalue weighted by Gasteiger charge is -2.27. The van der Waals surface area contributed by atoms with Gasteiger partial charge in [-0.05, 0) is 31.1 Å². The molecule has 1 atom stereocenters. The monoisotopic (exact) mass is 245 g/mol. The highest BCUT2D eigenvalue weighted by atomic mass is 16.5. The van der Waals surface area contributed by atoms with Crippen LogP contribution in [0.4, 0.5) is 0 Å². The van der Waals surface area contributed by atoms with Crippen molar-refractivity contribution in [3.63, 3.8) is 0 Å². The van der Waals surface area contributed by atoms with Crippen LogP contribution in [-0.4, -0.2) is 37.5 Å². The molecule has 0 heterocycles. The molecule has 0 bridgehead atoms. The van der Waals surface area contributed by atoms with Crippen LogP contribution >= 0.6 is 0 Å². The Morgan fingerprint density at radius 3 is 1.88 bits per heavy atom. The molecule has 0 saturated heterocycles. The normalized spacial score (nSPS) is 13.9. The Balaban J connectivity index is 4.24. The summed E-state index contributed by atoms with van der Waals surface area (Å²) in [6.45, 7) is 9.92. The van der Waals surface area contributed by atoms with Crippen molar-refractivity contribution in [2.75, 3.05) is 20.3 Å². The zero-order chi connectivity index (χ0) is 13.3. The molecular formula is C14H31NO2. The van der Waals surface area contributed by atoms with Gasteiger partial charge >= 0.3 is 0 Å². The summed E-state index contributed by atoms with van der Waals surface area (Å²) in [6, 6.07) is 0.800. The van der Waals surface area contributed by atoms with E-state index in [1.807, 2.05) is 0 Å². The van der Waals surface area contributed by atoms with Gasteiger partial charge in [0.05, 0.1) is 6.61 Å². The van der Waals surface area contributed by atoms with Gasteiger partial charge in [0.15, 0.2) is 0 Å². The molecule has 3 nitrogen and oxygen atoms in total.